The van der Waals surface area contributed by atoms with Gasteiger partial charge in [0.1, 0.15) is 0 Å². The summed E-state index contributed by atoms with van der Waals surface area (Å²) in [5.74, 6) is -0.215. The van der Waals surface area contributed by atoms with Gasteiger partial charge >= 0.3 is 0 Å². The number of nitrogens with one attached hydrogen (secondary N) is 2. The minimum Gasteiger partial charge on any atom is -0.370 e. The van der Waals surface area contributed by atoms with Crippen LogP contribution in [0.15, 0.2) is 53.4 Å². The first kappa shape index (κ1) is 22.3. The molecular weight excluding hydrogens is 398 g/mol. The Kier molecular flexibility index (Phi) is 6.83. The van der Waals surface area contributed by atoms with Crippen LogP contribution in [0.25, 0.3) is 0 Å². The first-order valence-corrected chi connectivity index (χ1v) is 11.9. The lowest BCUT2D eigenvalue weighted by atomic mass is 9.87. The van der Waals surface area contributed by atoms with E-state index in [1.807, 2.05) is 36.4 Å². The Hall–Kier alpha value is -2.38. The van der Waals surface area contributed by atoms with Crippen LogP contribution in [0.5, 0.6) is 0 Å². The highest BCUT2D eigenvalue weighted by molar-refractivity contribution is 7.89. The zero-order valence-corrected chi connectivity index (χ0v) is 18.8. The molecule has 7 heteroatoms. The summed E-state index contributed by atoms with van der Waals surface area (Å²) in [6.07, 6.45) is 2.37. The van der Waals surface area contributed by atoms with Gasteiger partial charge in [-0.1, -0.05) is 45.0 Å². The van der Waals surface area contributed by atoms with E-state index in [-0.39, 0.29) is 29.2 Å². The summed E-state index contributed by atoms with van der Waals surface area (Å²) in [4.78, 5) is 14.9. The third-order valence-corrected chi connectivity index (χ3v) is 6.78. The number of carbonyl (C=O) groups excluding carboxylic acids is 1. The third-order valence-electron chi connectivity index (χ3n) is 5.30. The van der Waals surface area contributed by atoms with Crippen LogP contribution in [-0.2, 0) is 20.2 Å². The van der Waals surface area contributed by atoms with E-state index in [1.165, 1.54) is 0 Å². The molecule has 0 unspecified atom stereocenters. The van der Waals surface area contributed by atoms with E-state index in [4.69, 9.17) is 0 Å². The van der Waals surface area contributed by atoms with E-state index >= 15 is 0 Å². The third kappa shape index (κ3) is 5.61. The van der Waals surface area contributed by atoms with Gasteiger partial charge in [0, 0.05) is 26.1 Å². The van der Waals surface area contributed by atoms with E-state index in [2.05, 4.69) is 35.7 Å². The molecule has 1 amide bonds. The number of hydrogen-bond acceptors (Lipinski definition) is 4. The van der Waals surface area contributed by atoms with Crippen LogP contribution in [0.4, 0.5) is 11.4 Å². The zero-order chi connectivity index (χ0) is 21.8. The summed E-state index contributed by atoms with van der Waals surface area (Å²) in [7, 11) is -3.65. The number of benzene rings is 2. The van der Waals surface area contributed by atoms with E-state index in [0.717, 1.165) is 42.9 Å². The Morgan fingerprint density at radius 2 is 1.63 bits per heavy atom. The second-order valence-electron chi connectivity index (χ2n) is 8.68. The molecule has 1 saturated heterocycles. The van der Waals surface area contributed by atoms with Gasteiger partial charge in [0.2, 0.25) is 15.9 Å². The fourth-order valence-corrected chi connectivity index (χ4v) is 4.57. The molecule has 0 saturated carbocycles. The molecule has 162 valence electrons. The number of hydrogen-bond donors (Lipinski definition) is 2. The Labute approximate surface area is 179 Å². The molecule has 2 aromatic carbocycles. The summed E-state index contributed by atoms with van der Waals surface area (Å²) in [6.45, 7) is 8.25. The van der Waals surface area contributed by atoms with Crippen molar-refractivity contribution in [3.05, 3.63) is 54.1 Å². The monoisotopic (exact) mass is 429 g/mol. The predicted molar refractivity (Wildman–Crippen MR) is 121 cm³/mol. The largest absolute Gasteiger partial charge is 0.370 e. The Balaban J connectivity index is 1.55. The normalized spacial score (nSPS) is 14.7. The number of para-hydroxylation sites is 2. The van der Waals surface area contributed by atoms with Gasteiger partial charge in [0.25, 0.3) is 0 Å². The van der Waals surface area contributed by atoms with Crippen molar-refractivity contribution in [1.82, 2.24) is 4.72 Å². The molecule has 0 spiro atoms. The lowest BCUT2D eigenvalue weighted by Gasteiger charge is -2.21. The number of sulfonamides is 1. The van der Waals surface area contributed by atoms with Crippen molar-refractivity contribution in [2.45, 2.75) is 50.3 Å². The Bertz CT molecular complexity index is 973. The SMILES string of the molecule is CC(C)(C)c1ccc(S(=O)(=O)NCCC(=O)Nc2ccccc2N2CCCC2)cc1. The quantitative estimate of drug-likeness (QED) is 0.700. The van der Waals surface area contributed by atoms with Gasteiger partial charge in [-0.3, -0.25) is 4.79 Å². The molecule has 0 bridgehead atoms. The Morgan fingerprint density at radius 1 is 1.00 bits per heavy atom. The molecule has 2 N–H and O–H groups in total. The molecule has 1 fully saturated rings. The molecule has 0 radical (unpaired) electrons. The lowest BCUT2D eigenvalue weighted by Crippen LogP contribution is -2.28. The molecule has 30 heavy (non-hydrogen) atoms. The second kappa shape index (κ2) is 9.18. The molecule has 1 aliphatic heterocycles. The maximum absolute atomic E-state index is 12.5. The number of anilines is 2. The zero-order valence-electron chi connectivity index (χ0n) is 17.9. The van der Waals surface area contributed by atoms with Crippen LogP contribution >= 0.6 is 0 Å². The molecule has 0 aliphatic carbocycles. The van der Waals surface area contributed by atoms with Gasteiger partial charge in [-0.05, 0) is 48.1 Å². The van der Waals surface area contributed by atoms with Crippen molar-refractivity contribution in [2.24, 2.45) is 0 Å². The molecule has 1 heterocycles. The van der Waals surface area contributed by atoms with Gasteiger partial charge in [-0.15, -0.1) is 0 Å². The average molecular weight is 430 g/mol. The summed E-state index contributed by atoms with van der Waals surface area (Å²) in [5.41, 5.74) is 2.81. The van der Waals surface area contributed by atoms with Crippen molar-refractivity contribution in [1.29, 1.82) is 0 Å². The smallest absolute Gasteiger partial charge is 0.240 e. The number of nitrogens with zero attached hydrogens (tertiary/aromatic N) is 1. The summed E-state index contributed by atoms with van der Waals surface area (Å²) >= 11 is 0. The van der Waals surface area contributed by atoms with Gasteiger partial charge < -0.3 is 10.2 Å². The molecule has 0 atom stereocenters. The van der Waals surface area contributed by atoms with E-state index in [0.29, 0.717) is 0 Å². The minimum absolute atomic E-state index is 0.0425. The first-order chi connectivity index (χ1) is 14.2. The molecule has 2 aromatic rings. The Morgan fingerprint density at radius 3 is 2.27 bits per heavy atom. The highest BCUT2D eigenvalue weighted by Gasteiger charge is 2.19. The average Bonchev–Trinajstić information content (AvgIpc) is 3.22. The van der Waals surface area contributed by atoms with Crippen LogP contribution in [-0.4, -0.2) is 34.0 Å². The highest BCUT2D eigenvalue weighted by atomic mass is 32.2. The highest BCUT2D eigenvalue weighted by Crippen LogP contribution is 2.28. The molecule has 3 rings (SSSR count). The van der Waals surface area contributed by atoms with Crippen molar-refractivity contribution >= 4 is 27.3 Å². The molecular formula is C23H31N3O3S. The van der Waals surface area contributed by atoms with Crippen molar-refractivity contribution in [3.8, 4) is 0 Å². The fourth-order valence-electron chi connectivity index (χ4n) is 3.54. The first-order valence-electron chi connectivity index (χ1n) is 10.4. The summed E-state index contributed by atoms with van der Waals surface area (Å²) < 4.78 is 27.5. The van der Waals surface area contributed by atoms with Crippen LogP contribution in [0.3, 0.4) is 0 Å². The number of carbonyl (C=O) groups is 1. The van der Waals surface area contributed by atoms with Crippen molar-refractivity contribution in [3.63, 3.8) is 0 Å². The van der Waals surface area contributed by atoms with Gasteiger partial charge in [0.15, 0.2) is 0 Å². The lowest BCUT2D eigenvalue weighted by molar-refractivity contribution is -0.116. The summed E-state index contributed by atoms with van der Waals surface area (Å²) in [5, 5.41) is 2.92. The van der Waals surface area contributed by atoms with Crippen LogP contribution in [0.2, 0.25) is 0 Å². The predicted octanol–water partition coefficient (Wildman–Crippen LogP) is 3.89. The molecule has 0 aromatic heterocycles. The van der Waals surface area contributed by atoms with Crippen LogP contribution < -0.4 is 14.9 Å². The minimum atomic E-state index is -3.65. The number of rotatable bonds is 7. The van der Waals surface area contributed by atoms with Gasteiger partial charge in [-0.25, -0.2) is 13.1 Å². The topological polar surface area (TPSA) is 78.5 Å². The second-order valence-corrected chi connectivity index (χ2v) is 10.4. The van der Waals surface area contributed by atoms with Crippen molar-refractivity contribution < 1.29 is 13.2 Å². The van der Waals surface area contributed by atoms with Crippen LogP contribution in [0.1, 0.15) is 45.6 Å². The van der Waals surface area contributed by atoms with E-state index in [1.54, 1.807) is 12.1 Å². The van der Waals surface area contributed by atoms with Gasteiger partial charge in [0.05, 0.1) is 16.3 Å². The number of amides is 1. The van der Waals surface area contributed by atoms with Gasteiger partial charge in [-0.2, -0.15) is 0 Å². The van der Waals surface area contributed by atoms with E-state index < -0.39 is 10.0 Å². The van der Waals surface area contributed by atoms with Crippen molar-refractivity contribution in [2.75, 3.05) is 29.9 Å². The van der Waals surface area contributed by atoms with Crippen LogP contribution in [0, 0.1) is 0 Å². The summed E-state index contributed by atoms with van der Waals surface area (Å²) in [6, 6.07) is 14.6. The standard InChI is InChI=1S/C23H31N3O3S/c1-23(2,3)18-10-12-19(13-11-18)30(28,29)24-15-14-22(27)25-20-8-4-5-9-21(20)26-16-6-7-17-26/h4-5,8-13,24H,6-7,14-17H2,1-3H3,(H,25,27). The maximum atomic E-state index is 12.5. The van der Waals surface area contributed by atoms with E-state index in [9.17, 15) is 13.2 Å². The fraction of sp³-hybridized carbons (Fsp3) is 0.435. The molecule has 6 nitrogen and oxygen atoms in total. The molecule has 1 aliphatic rings. The maximum Gasteiger partial charge on any atom is 0.240 e.